The molecule has 1 atom stereocenters. The fraction of sp³-hybridized carbons (Fsp3) is 0.269. The van der Waals surface area contributed by atoms with Crippen LogP contribution in [-0.2, 0) is 4.79 Å². The summed E-state index contributed by atoms with van der Waals surface area (Å²) in [7, 11) is 0. The molecule has 0 saturated heterocycles. The molecule has 5 nitrogen and oxygen atoms in total. The number of carbonyl (C=O) groups excluding carboxylic acids is 2. The van der Waals surface area contributed by atoms with Gasteiger partial charge in [0.05, 0.1) is 0 Å². The summed E-state index contributed by atoms with van der Waals surface area (Å²) in [5, 5.41) is 3.14. The Morgan fingerprint density at radius 1 is 0.938 bits per heavy atom. The van der Waals surface area contributed by atoms with E-state index in [1.165, 1.54) is 35.7 Å². The highest BCUT2D eigenvalue weighted by atomic mass is 19.1. The Labute approximate surface area is 187 Å². The summed E-state index contributed by atoms with van der Waals surface area (Å²) in [4.78, 5) is 32.8. The van der Waals surface area contributed by atoms with Crippen LogP contribution in [0.4, 0.5) is 10.1 Å². The minimum absolute atomic E-state index is 0.0711. The Morgan fingerprint density at radius 3 is 2.38 bits per heavy atom. The van der Waals surface area contributed by atoms with Gasteiger partial charge in [-0.05, 0) is 48.7 Å². The van der Waals surface area contributed by atoms with E-state index < -0.39 is 17.8 Å². The van der Waals surface area contributed by atoms with Crippen LogP contribution in [0.25, 0.3) is 0 Å². The van der Waals surface area contributed by atoms with E-state index in [2.05, 4.69) is 10.3 Å². The summed E-state index contributed by atoms with van der Waals surface area (Å²) in [6, 6.07) is 19.0. The highest BCUT2D eigenvalue weighted by Gasteiger charge is 2.35. The molecule has 1 saturated carbocycles. The summed E-state index contributed by atoms with van der Waals surface area (Å²) in [5.74, 6) is -1.23. The van der Waals surface area contributed by atoms with Gasteiger partial charge in [-0.25, -0.2) is 4.39 Å². The quantitative estimate of drug-likeness (QED) is 0.594. The Kier molecular flexibility index (Phi) is 6.90. The van der Waals surface area contributed by atoms with Gasteiger partial charge in [-0.1, -0.05) is 61.7 Å². The van der Waals surface area contributed by atoms with Crippen molar-refractivity contribution in [3.05, 3.63) is 96.1 Å². The maximum Gasteiger partial charge on any atom is 0.277 e. The van der Waals surface area contributed by atoms with Crippen molar-refractivity contribution in [2.45, 2.75) is 44.2 Å². The van der Waals surface area contributed by atoms with E-state index in [0.29, 0.717) is 11.3 Å². The van der Waals surface area contributed by atoms with Gasteiger partial charge in [0.2, 0.25) is 5.91 Å². The fourth-order valence-corrected chi connectivity index (χ4v) is 4.20. The summed E-state index contributed by atoms with van der Waals surface area (Å²) in [5.41, 5.74) is 1.13. The van der Waals surface area contributed by atoms with Gasteiger partial charge in [0, 0.05) is 17.9 Å². The molecular formula is C26H26FN3O2. The van der Waals surface area contributed by atoms with Gasteiger partial charge in [0.1, 0.15) is 17.6 Å². The molecule has 4 rings (SSSR count). The lowest BCUT2D eigenvalue weighted by atomic mass is 9.94. The number of rotatable bonds is 6. The topological polar surface area (TPSA) is 62.3 Å². The number of amides is 2. The number of benzene rings is 2. The van der Waals surface area contributed by atoms with Crippen LogP contribution in [0.1, 0.15) is 54.2 Å². The van der Waals surface area contributed by atoms with Crippen LogP contribution in [0, 0.1) is 5.82 Å². The van der Waals surface area contributed by atoms with E-state index in [0.717, 1.165) is 25.7 Å². The zero-order chi connectivity index (χ0) is 22.3. The van der Waals surface area contributed by atoms with Crippen molar-refractivity contribution in [2.75, 3.05) is 4.90 Å². The van der Waals surface area contributed by atoms with Crippen LogP contribution in [-0.4, -0.2) is 22.8 Å². The second-order valence-electron chi connectivity index (χ2n) is 8.03. The number of nitrogens with one attached hydrogen (secondary N) is 1. The number of hydrogen-bond donors (Lipinski definition) is 1. The predicted molar refractivity (Wildman–Crippen MR) is 122 cm³/mol. The zero-order valence-corrected chi connectivity index (χ0v) is 17.8. The lowest BCUT2D eigenvalue weighted by Gasteiger charge is -2.33. The van der Waals surface area contributed by atoms with E-state index in [9.17, 15) is 14.0 Å². The summed E-state index contributed by atoms with van der Waals surface area (Å²) in [6.45, 7) is 0. The van der Waals surface area contributed by atoms with Crippen LogP contribution in [0.5, 0.6) is 0 Å². The molecule has 3 aromatic rings. The number of carbonyl (C=O) groups is 2. The van der Waals surface area contributed by atoms with Gasteiger partial charge in [-0.3, -0.25) is 19.5 Å². The third kappa shape index (κ3) is 5.02. The number of anilines is 1. The molecule has 0 spiro atoms. The molecular weight excluding hydrogens is 405 g/mol. The number of pyridine rings is 1. The Bertz CT molecular complexity index is 1050. The number of halogens is 1. The van der Waals surface area contributed by atoms with Crippen LogP contribution in [0.3, 0.4) is 0 Å². The van der Waals surface area contributed by atoms with Gasteiger partial charge in [0.15, 0.2) is 0 Å². The lowest BCUT2D eigenvalue weighted by Crippen LogP contribution is -2.47. The molecule has 2 amide bonds. The highest BCUT2D eigenvalue weighted by molar-refractivity contribution is 6.09. The lowest BCUT2D eigenvalue weighted by molar-refractivity contribution is -0.123. The summed E-state index contributed by atoms with van der Waals surface area (Å²) >= 11 is 0. The fourth-order valence-electron chi connectivity index (χ4n) is 4.20. The van der Waals surface area contributed by atoms with E-state index in [4.69, 9.17) is 0 Å². The van der Waals surface area contributed by atoms with E-state index in [1.54, 1.807) is 24.3 Å². The van der Waals surface area contributed by atoms with Crippen molar-refractivity contribution < 1.29 is 14.0 Å². The normalized spacial score (nSPS) is 15.0. The van der Waals surface area contributed by atoms with Gasteiger partial charge >= 0.3 is 0 Å². The second-order valence-corrected chi connectivity index (χ2v) is 8.03. The molecule has 1 unspecified atom stereocenters. The molecule has 0 aliphatic heterocycles. The van der Waals surface area contributed by atoms with E-state index >= 15 is 0 Å². The molecule has 1 aliphatic carbocycles. The Balaban J connectivity index is 1.78. The minimum Gasteiger partial charge on any atom is -0.351 e. The van der Waals surface area contributed by atoms with Crippen molar-refractivity contribution >= 4 is 17.5 Å². The number of aromatic nitrogens is 1. The van der Waals surface area contributed by atoms with Crippen LogP contribution < -0.4 is 10.2 Å². The maximum atomic E-state index is 14.2. The van der Waals surface area contributed by atoms with Crippen LogP contribution in [0.15, 0.2) is 79.0 Å². The van der Waals surface area contributed by atoms with Gasteiger partial charge in [-0.2, -0.15) is 0 Å². The summed E-state index contributed by atoms with van der Waals surface area (Å²) < 4.78 is 14.2. The molecule has 0 bridgehead atoms. The predicted octanol–water partition coefficient (Wildman–Crippen LogP) is 5.06. The molecule has 1 fully saturated rings. The zero-order valence-electron chi connectivity index (χ0n) is 17.8. The average molecular weight is 432 g/mol. The largest absolute Gasteiger partial charge is 0.351 e. The van der Waals surface area contributed by atoms with Gasteiger partial charge < -0.3 is 5.32 Å². The van der Waals surface area contributed by atoms with Crippen molar-refractivity contribution in [2.24, 2.45) is 0 Å². The molecule has 1 heterocycles. The SMILES string of the molecule is O=C(NC1CCCCC1)C(c1ccccc1)N(C(=O)c1ccccn1)c1cccc(F)c1. The molecule has 1 aromatic heterocycles. The van der Waals surface area contributed by atoms with Crippen LogP contribution >= 0.6 is 0 Å². The first-order valence-electron chi connectivity index (χ1n) is 11.0. The van der Waals surface area contributed by atoms with Crippen molar-refractivity contribution in [1.29, 1.82) is 0 Å². The van der Waals surface area contributed by atoms with Crippen molar-refractivity contribution in [3.8, 4) is 0 Å². The average Bonchev–Trinajstić information content (AvgIpc) is 2.83. The highest BCUT2D eigenvalue weighted by Crippen LogP contribution is 2.30. The minimum atomic E-state index is -0.963. The van der Waals surface area contributed by atoms with Gasteiger partial charge in [0.25, 0.3) is 5.91 Å². The van der Waals surface area contributed by atoms with Crippen molar-refractivity contribution in [3.63, 3.8) is 0 Å². The molecule has 1 N–H and O–H groups in total. The first-order valence-corrected chi connectivity index (χ1v) is 11.0. The molecule has 6 heteroatoms. The first kappa shape index (κ1) is 21.7. The molecule has 0 radical (unpaired) electrons. The molecule has 164 valence electrons. The second kappa shape index (κ2) is 10.2. The van der Waals surface area contributed by atoms with Gasteiger partial charge in [-0.15, -0.1) is 0 Å². The molecule has 32 heavy (non-hydrogen) atoms. The Morgan fingerprint density at radius 2 is 1.69 bits per heavy atom. The van der Waals surface area contributed by atoms with Crippen LogP contribution in [0.2, 0.25) is 0 Å². The maximum absolute atomic E-state index is 14.2. The smallest absolute Gasteiger partial charge is 0.277 e. The monoisotopic (exact) mass is 431 g/mol. The number of nitrogens with zero attached hydrogens (tertiary/aromatic N) is 2. The van der Waals surface area contributed by atoms with E-state index in [1.807, 2.05) is 30.3 Å². The number of hydrogen-bond acceptors (Lipinski definition) is 3. The van der Waals surface area contributed by atoms with Crippen molar-refractivity contribution in [1.82, 2.24) is 10.3 Å². The molecule has 2 aromatic carbocycles. The first-order chi connectivity index (χ1) is 15.6. The standard InChI is InChI=1S/C26H26FN3O2/c27-20-12-9-15-22(18-20)30(26(32)23-16-7-8-17-28-23)24(19-10-3-1-4-11-19)25(31)29-21-13-5-2-6-14-21/h1,3-4,7-12,15-18,21,24H,2,5-6,13-14H2,(H,29,31). The third-order valence-corrected chi connectivity index (χ3v) is 5.76. The molecule has 1 aliphatic rings. The third-order valence-electron chi connectivity index (χ3n) is 5.76. The summed E-state index contributed by atoms with van der Waals surface area (Å²) in [6.07, 6.45) is 6.67. The Hall–Kier alpha value is -3.54. The van der Waals surface area contributed by atoms with E-state index in [-0.39, 0.29) is 17.6 Å².